The molecule has 0 aliphatic carbocycles. The van der Waals surface area contributed by atoms with Crippen molar-refractivity contribution < 1.29 is 0 Å². The molecule has 0 saturated heterocycles. The van der Waals surface area contributed by atoms with Crippen LogP contribution in [0.4, 0.5) is 0 Å². The van der Waals surface area contributed by atoms with Gasteiger partial charge in [0.05, 0.1) is 0 Å². The first-order chi connectivity index (χ1) is 18.2. The molecule has 3 nitrogen and oxygen atoms in total. The molecule has 0 atom stereocenters. The Morgan fingerprint density at radius 2 is 0.703 bits per heavy atom. The van der Waals surface area contributed by atoms with Crippen molar-refractivity contribution in [3.8, 4) is 56.2 Å². The minimum atomic E-state index is 0.677. The fourth-order valence-electron chi connectivity index (χ4n) is 4.55. The summed E-state index contributed by atoms with van der Waals surface area (Å²) in [6, 6.07) is 46.3. The quantitative estimate of drug-likeness (QED) is 0.251. The molecule has 0 aliphatic rings. The molecule has 6 rings (SSSR count). The van der Waals surface area contributed by atoms with Gasteiger partial charge in [0.15, 0.2) is 11.6 Å². The number of nitrogens with zero attached hydrogens (tertiary/aromatic N) is 3. The topological polar surface area (TPSA) is 38.7 Å². The number of aryl methyl sites for hydroxylation is 1. The van der Waals surface area contributed by atoms with Crippen LogP contribution in [0.25, 0.3) is 56.2 Å². The molecule has 176 valence electrons. The van der Waals surface area contributed by atoms with E-state index >= 15 is 0 Å². The van der Waals surface area contributed by atoms with E-state index in [1.54, 1.807) is 0 Å². The van der Waals surface area contributed by atoms with E-state index in [2.05, 4.69) is 113 Å². The Labute approximate surface area is 217 Å². The van der Waals surface area contributed by atoms with Crippen molar-refractivity contribution >= 4 is 0 Å². The maximum Gasteiger partial charge on any atom is 0.163 e. The van der Waals surface area contributed by atoms with Crippen LogP contribution in [0.15, 0.2) is 133 Å². The van der Waals surface area contributed by atoms with Crippen molar-refractivity contribution in [3.63, 3.8) is 0 Å². The molecule has 3 heteroatoms. The molecule has 1 heterocycles. The molecule has 37 heavy (non-hydrogen) atoms. The van der Waals surface area contributed by atoms with Crippen LogP contribution in [-0.2, 0) is 0 Å². The van der Waals surface area contributed by atoms with E-state index in [0.717, 1.165) is 22.3 Å². The molecule has 0 saturated carbocycles. The molecule has 0 unspecified atom stereocenters. The SMILES string of the molecule is Cc1nc(-c2ccccc2)nc(-c2cccc(-c3cc(-c4ccccc4)cc(-c4ccccc4)c3)c2)n1. The van der Waals surface area contributed by atoms with Gasteiger partial charge in [-0.25, -0.2) is 15.0 Å². The van der Waals surface area contributed by atoms with Gasteiger partial charge in [0.2, 0.25) is 0 Å². The predicted octanol–water partition coefficient (Wildman–Crippen LogP) is 8.52. The number of hydrogen-bond donors (Lipinski definition) is 0. The van der Waals surface area contributed by atoms with Crippen LogP contribution in [0.2, 0.25) is 0 Å². The van der Waals surface area contributed by atoms with Crippen LogP contribution in [0.3, 0.4) is 0 Å². The van der Waals surface area contributed by atoms with Crippen LogP contribution in [0.1, 0.15) is 5.82 Å². The lowest BCUT2D eigenvalue weighted by atomic mass is 9.93. The van der Waals surface area contributed by atoms with E-state index in [9.17, 15) is 0 Å². The molecular weight excluding hydrogens is 450 g/mol. The molecule has 5 aromatic carbocycles. The zero-order valence-electron chi connectivity index (χ0n) is 20.5. The zero-order valence-corrected chi connectivity index (χ0v) is 20.5. The van der Waals surface area contributed by atoms with Crippen LogP contribution < -0.4 is 0 Å². The highest BCUT2D eigenvalue weighted by Gasteiger charge is 2.11. The minimum absolute atomic E-state index is 0.677. The molecule has 0 radical (unpaired) electrons. The standard InChI is InChI=1S/C34H25N3/c1-24-35-33(27-16-9-4-10-17-27)37-34(36-24)29-19-11-18-28(20-29)32-22-30(25-12-5-2-6-13-25)21-31(23-32)26-14-7-3-8-15-26/h2-23H,1H3. The third kappa shape index (κ3) is 4.93. The van der Waals surface area contributed by atoms with E-state index in [1.165, 1.54) is 22.3 Å². The lowest BCUT2D eigenvalue weighted by Gasteiger charge is -2.12. The Morgan fingerprint density at radius 3 is 1.24 bits per heavy atom. The average molecular weight is 476 g/mol. The Balaban J connectivity index is 1.47. The molecule has 0 N–H and O–H groups in total. The molecule has 1 aromatic heterocycles. The molecule has 6 aromatic rings. The van der Waals surface area contributed by atoms with Gasteiger partial charge in [0.25, 0.3) is 0 Å². The average Bonchev–Trinajstić information content (AvgIpc) is 2.98. The smallest absolute Gasteiger partial charge is 0.163 e. The van der Waals surface area contributed by atoms with Gasteiger partial charge >= 0.3 is 0 Å². The molecule has 0 aliphatic heterocycles. The fourth-order valence-corrected chi connectivity index (χ4v) is 4.55. The number of benzene rings is 5. The van der Waals surface area contributed by atoms with Gasteiger partial charge in [-0.3, -0.25) is 0 Å². The molecular formula is C34H25N3. The number of aromatic nitrogens is 3. The summed E-state index contributed by atoms with van der Waals surface area (Å²) in [4.78, 5) is 14.1. The first kappa shape index (κ1) is 22.6. The lowest BCUT2D eigenvalue weighted by Crippen LogP contribution is -1.99. The Bertz CT molecular complexity index is 1600. The fraction of sp³-hybridized carbons (Fsp3) is 0.0294. The van der Waals surface area contributed by atoms with Crippen molar-refractivity contribution in [2.45, 2.75) is 6.92 Å². The van der Waals surface area contributed by atoms with Gasteiger partial charge in [-0.15, -0.1) is 0 Å². The van der Waals surface area contributed by atoms with Gasteiger partial charge in [-0.1, -0.05) is 109 Å². The summed E-state index contributed by atoms with van der Waals surface area (Å²) in [6.45, 7) is 1.91. The van der Waals surface area contributed by atoms with Crippen LogP contribution in [0, 0.1) is 6.92 Å². The van der Waals surface area contributed by atoms with E-state index in [-0.39, 0.29) is 0 Å². The summed E-state index contributed by atoms with van der Waals surface area (Å²) < 4.78 is 0. The minimum Gasteiger partial charge on any atom is -0.213 e. The Kier molecular flexibility index (Phi) is 6.10. The molecule has 0 amide bonds. The first-order valence-electron chi connectivity index (χ1n) is 12.4. The van der Waals surface area contributed by atoms with E-state index in [4.69, 9.17) is 4.98 Å². The van der Waals surface area contributed by atoms with Crippen LogP contribution in [-0.4, -0.2) is 15.0 Å². The summed E-state index contributed by atoms with van der Waals surface area (Å²) in [7, 11) is 0. The normalized spacial score (nSPS) is 10.8. The Hall–Kier alpha value is -4.89. The summed E-state index contributed by atoms with van der Waals surface area (Å²) in [5.74, 6) is 2.06. The first-order valence-corrected chi connectivity index (χ1v) is 12.4. The van der Waals surface area contributed by atoms with Crippen molar-refractivity contribution in [2.24, 2.45) is 0 Å². The predicted molar refractivity (Wildman–Crippen MR) is 152 cm³/mol. The number of rotatable bonds is 5. The van der Waals surface area contributed by atoms with E-state index < -0.39 is 0 Å². The third-order valence-electron chi connectivity index (χ3n) is 6.38. The maximum absolute atomic E-state index is 4.82. The van der Waals surface area contributed by atoms with Gasteiger partial charge in [-0.2, -0.15) is 0 Å². The van der Waals surface area contributed by atoms with Crippen molar-refractivity contribution in [3.05, 3.63) is 139 Å². The monoisotopic (exact) mass is 475 g/mol. The lowest BCUT2D eigenvalue weighted by molar-refractivity contribution is 0.992. The van der Waals surface area contributed by atoms with Crippen molar-refractivity contribution in [2.75, 3.05) is 0 Å². The summed E-state index contributed by atoms with van der Waals surface area (Å²) in [5.41, 5.74) is 8.97. The second-order valence-electron chi connectivity index (χ2n) is 9.01. The second-order valence-corrected chi connectivity index (χ2v) is 9.01. The second kappa shape index (κ2) is 10.00. The highest BCUT2D eigenvalue weighted by molar-refractivity contribution is 5.82. The van der Waals surface area contributed by atoms with Gasteiger partial charge < -0.3 is 0 Å². The van der Waals surface area contributed by atoms with Gasteiger partial charge in [0, 0.05) is 11.1 Å². The highest BCUT2D eigenvalue weighted by Crippen LogP contribution is 2.34. The maximum atomic E-state index is 4.82. The summed E-state index contributed by atoms with van der Waals surface area (Å²) in [6.07, 6.45) is 0. The molecule has 0 fully saturated rings. The van der Waals surface area contributed by atoms with Crippen molar-refractivity contribution in [1.82, 2.24) is 15.0 Å². The van der Waals surface area contributed by atoms with Crippen LogP contribution in [0.5, 0.6) is 0 Å². The van der Waals surface area contributed by atoms with Gasteiger partial charge in [0.1, 0.15) is 5.82 Å². The van der Waals surface area contributed by atoms with E-state index in [0.29, 0.717) is 17.5 Å². The molecule has 0 spiro atoms. The van der Waals surface area contributed by atoms with Crippen LogP contribution >= 0.6 is 0 Å². The Morgan fingerprint density at radius 1 is 0.324 bits per heavy atom. The van der Waals surface area contributed by atoms with Crippen molar-refractivity contribution in [1.29, 1.82) is 0 Å². The zero-order chi connectivity index (χ0) is 25.0. The highest BCUT2D eigenvalue weighted by atomic mass is 15.0. The third-order valence-corrected chi connectivity index (χ3v) is 6.38. The van der Waals surface area contributed by atoms with E-state index in [1.807, 2.05) is 37.3 Å². The largest absolute Gasteiger partial charge is 0.213 e. The summed E-state index contributed by atoms with van der Waals surface area (Å²) in [5, 5.41) is 0. The summed E-state index contributed by atoms with van der Waals surface area (Å²) >= 11 is 0. The van der Waals surface area contributed by atoms with Gasteiger partial charge in [-0.05, 0) is 64.6 Å². The molecule has 0 bridgehead atoms. The number of hydrogen-bond acceptors (Lipinski definition) is 3.